The third kappa shape index (κ3) is 35.1. The third-order valence-corrected chi connectivity index (χ3v) is 19.6. The number of para-hydroxylation sites is 2. The molecule has 2 heterocycles. The highest BCUT2D eigenvalue weighted by Crippen LogP contribution is 2.64. The zero-order valence-electron chi connectivity index (χ0n) is 77.2. The molecule has 2 aliphatic heterocycles. The molecule has 14 unspecified atom stereocenters. The fourth-order valence-corrected chi connectivity index (χ4v) is 12.4. The number of carboxylic acid groups (broad SMARTS) is 6. The molecule has 46 nitrogen and oxygen atoms in total. The van der Waals surface area contributed by atoms with E-state index in [1.165, 1.54) is 56.1 Å². The van der Waals surface area contributed by atoms with Gasteiger partial charge in [-0.25, -0.2) is 67.1 Å². The second-order valence-electron chi connectivity index (χ2n) is 30.8. The van der Waals surface area contributed by atoms with Gasteiger partial charge in [-0.2, -0.15) is 0 Å². The van der Waals surface area contributed by atoms with E-state index >= 15 is 0 Å². The van der Waals surface area contributed by atoms with Crippen LogP contribution in [-0.2, 0) is 172 Å². The van der Waals surface area contributed by atoms with Crippen molar-refractivity contribution in [2.24, 2.45) is 35.5 Å². The van der Waals surface area contributed by atoms with Crippen LogP contribution < -0.4 is 9.47 Å². The number of benzene rings is 4. The normalized spacial score (nSPS) is 19.5. The van der Waals surface area contributed by atoms with Crippen molar-refractivity contribution in [3.05, 3.63) is 131 Å². The van der Waals surface area contributed by atoms with Crippen LogP contribution in [0.15, 0.2) is 109 Å². The van der Waals surface area contributed by atoms with Crippen LogP contribution in [0.4, 0.5) is 0 Å². The van der Waals surface area contributed by atoms with Crippen molar-refractivity contribution in [1.82, 2.24) is 0 Å². The maximum atomic E-state index is 12.4. The molecule has 8 N–H and O–H groups in total. The molecule has 0 bridgehead atoms. The number of hydrogen-bond acceptors (Lipinski definition) is 40. The number of carboxylic acids is 6. The Morgan fingerprint density at radius 2 is 0.478 bits per heavy atom. The maximum absolute atomic E-state index is 12.4. The summed E-state index contributed by atoms with van der Waals surface area (Å²) in [5.41, 5.74) is 3.42. The summed E-state index contributed by atoms with van der Waals surface area (Å²) in [5.74, 6) is -22.6. The van der Waals surface area contributed by atoms with Crippen LogP contribution in [0.25, 0.3) is 0 Å². The molecule has 136 heavy (non-hydrogen) atoms. The van der Waals surface area contributed by atoms with Crippen molar-refractivity contribution >= 4 is 119 Å². The Morgan fingerprint density at radius 1 is 0.265 bits per heavy atom. The van der Waals surface area contributed by atoms with Crippen LogP contribution in [0, 0.1) is 35.5 Å². The Kier molecular flexibility index (Phi) is 48.1. The molecule has 0 spiro atoms. The van der Waals surface area contributed by atoms with E-state index in [1.54, 1.807) is 64.1 Å². The van der Waals surface area contributed by atoms with Gasteiger partial charge in [-0.1, -0.05) is 125 Å². The van der Waals surface area contributed by atoms with Crippen LogP contribution in [0.1, 0.15) is 143 Å². The summed E-state index contributed by atoms with van der Waals surface area (Å²) >= 11 is 0. The van der Waals surface area contributed by atoms with Gasteiger partial charge in [0.15, 0.2) is 48.8 Å². The van der Waals surface area contributed by atoms with E-state index in [9.17, 15) is 106 Å². The summed E-state index contributed by atoms with van der Waals surface area (Å²) in [6, 6.07) is 33.0. The Balaban J connectivity index is 0.000000420. The van der Waals surface area contributed by atoms with Gasteiger partial charge in [-0.15, -0.1) is 0 Å². The van der Waals surface area contributed by atoms with E-state index < -0.39 is 228 Å². The van der Waals surface area contributed by atoms with Gasteiger partial charge in [0.2, 0.25) is 24.4 Å². The van der Waals surface area contributed by atoms with Crippen LogP contribution in [0.3, 0.4) is 0 Å². The van der Waals surface area contributed by atoms with Crippen LogP contribution in [0.2, 0.25) is 0 Å². The highest BCUT2D eigenvalue weighted by Gasteiger charge is 2.64. The molecule has 0 saturated heterocycles. The zero-order valence-corrected chi connectivity index (χ0v) is 77.2. The first kappa shape index (κ1) is 116. The van der Waals surface area contributed by atoms with Crippen molar-refractivity contribution < 1.29 is 222 Å². The number of methoxy groups -OCH3 is 4. The molecule has 46 heteroatoms. The van der Waals surface area contributed by atoms with Gasteiger partial charge in [-0.3, -0.25) is 28.8 Å². The molecule has 0 aromatic heterocycles. The van der Waals surface area contributed by atoms with Gasteiger partial charge < -0.3 is 126 Å². The first-order chi connectivity index (χ1) is 63.7. The number of aliphatic hydroxyl groups excluding tert-OH is 2. The minimum Gasteiger partial charge on any atom is -0.481 e. The fraction of sp³-hybridized carbons (Fsp3) is 0.511. The average Bonchev–Trinajstić information content (AvgIpc) is 0.692. The quantitative estimate of drug-likeness (QED) is 0.0179. The number of aliphatic carboxylic acids is 6. The molecular formula is C90H112O46. The van der Waals surface area contributed by atoms with Gasteiger partial charge in [0.1, 0.15) is 23.7 Å². The summed E-state index contributed by atoms with van der Waals surface area (Å²) in [6.07, 6.45) is -19.8. The number of aliphatic hydroxyl groups is 2. The van der Waals surface area contributed by atoms with E-state index in [-0.39, 0.29) is 62.0 Å². The van der Waals surface area contributed by atoms with E-state index in [2.05, 4.69) is 28.4 Å². The highest BCUT2D eigenvalue weighted by molar-refractivity contribution is 5.93. The first-order valence-electron chi connectivity index (χ1n) is 41.6. The van der Waals surface area contributed by atoms with Crippen molar-refractivity contribution in [3.63, 3.8) is 0 Å². The number of esters is 14. The highest BCUT2D eigenvalue weighted by atomic mass is 16.7. The molecule has 4 aromatic carbocycles. The molecule has 2 saturated carbocycles. The Bertz CT molecular complexity index is 4310. The van der Waals surface area contributed by atoms with Gasteiger partial charge >= 0.3 is 119 Å². The van der Waals surface area contributed by atoms with Gasteiger partial charge in [0.05, 0.1) is 61.9 Å². The van der Waals surface area contributed by atoms with Crippen molar-refractivity contribution in [2.75, 3.05) is 54.9 Å². The minimum atomic E-state index is -1.53. The Hall–Kier alpha value is -14.0. The topological polar surface area (TPSA) is 669 Å². The molecule has 748 valence electrons. The van der Waals surface area contributed by atoms with E-state index in [0.29, 0.717) is 11.5 Å². The van der Waals surface area contributed by atoms with Gasteiger partial charge in [0, 0.05) is 52.1 Å². The summed E-state index contributed by atoms with van der Waals surface area (Å²) in [4.78, 5) is 230. The number of rotatable bonds is 40. The molecule has 4 aliphatic rings. The van der Waals surface area contributed by atoms with Crippen LogP contribution in [-0.4, -0.2) is 301 Å². The molecular weight excluding hydrogens is 1820 g/mol. The number of carbonyl (C=O) groups is 20. The van der Waals surface area contributed by atoms with E-state index in [4.69, 9.17) is 87.5 Å². The Morgan fingerprint density at radius 3 is 0.684 bits per heavy atom. The fourth-order valence-electron chi connectivity index (χ4n) is 12.4. The second kappa shape index (κ2) is 56.3. The Labute approximate surface area is 777 Å². The predicted octanol–water partition coefficient (Wildman–Crippen LogP) is 3.65. The monoisotopic (exact) mass is 1930 g/mol. The SMILES string of the molecule is COCC(OC(=O)C(C)OC(=O)C(C)C)C(=O)OC(C)C(=O)O.COCC(OC(=O)C(C)OC(=O)C(C)C)C(=O)OC(C)C(=O)O.COCC(OC(=O)C(C)OC(=O)C(C)O)C(=O)OC(C)C(=O)O.COCC(OC(=O)C(C)OC(=O)C(C)O)C(=O)OC(C)C(=O)O.O=C(O)C1C(c2ccccc2)C(C(=O)O)C1c1ccccc1.O=C1Oc2ccccc2C2C1C1c3ccccc3OC(=O)C21. The minimum absolute atomic E-state index is 0.136. The van der Waals surface area contributed by atoms with Crippen molar-refractivity contribution in [3.8, 4) is 11.5 Å². The van der Waals surface area contributed by atoms with E-state index in [1.807, 2.05) is 72.8 Å². The number of fused-ring (bicyclic) bond motifs is 8. The lowest BCUT2D eigenvalue weighted by atomic mass is 9.51. The van der Waals surface area contributed by atoms with Crippen LogP contribution in [0.5, 0.6) is 11.5 Å². The summed E-state index contributed by atoms with van der Waals surface area (Å²) in [5, 5.41) is 71.9. The van der Waals surface area contributed by atoms with Crippen LogP contribution >= 0.6 is 0 Å². The summed E-state index contributed by atoms with van der Waals surface area (Å²) < 4.78 is 86.4. The molecule has 2 fully saturated rings. The second-order valence-corrected chi connectivity index (χ2v) is 30.8. The lowest BCUT2D eigenvalue weighted by Gasteiger charge is -2.53. The number of hydrogen-bond donors (Lipinski definition) is 8. The first-order valence-corrected chi connectivity index (χ1v) is 41.6. The molecule has 2 aliphatic carbocycles. The lowest BCUT2D eigenvalue weighted by molar-refractivity contribution is -0.186. The van der Waals surface area contributed by atoms with Gasteiger partial charge in [0.25, 0.3) is 0 Å². The molecule has 0 radical (unpaired) electrons. The largest absolute Gasteiger partial charge is 0.481 e. The number of carbonyl (C=O) groups excluding carboxylic acids is 14. The molecule has 8 rings (SSSR count). The molecule has 4 aromatic rings. The summed E-state index contributed by atoms with van der Waals surface area (Å²) in [7, 11) is 4.98. The zero-order chi connectivity index (χ0) is 103. The van der Waals surface area contributed by atoms with E-state index in [0.717, 1.165) is 63.8 Å². The maximum Gasteiger partial charge on any atom is 0.350 e. The van der Waals surface area contributed by atoms with Crippen molar-refractivity contribution in [1.29, 1.82) is 0 Å². The predicted molar refractivity (Wildman–Crippen MR) is 452 cm³/mol. The molecule has 14 atom stereocenters. The number of ether oxygens (including phenoxy) is 18. The smallest absolute Gasteiger partial charge is 0.350 e. The van der Waals surface area contributed by atoms with Crippen molar-refractivity contribution in [2.45, 2.75) is 206 Å². The summed E-state index contributed by atoms with van der Waals surface area (Å²) in [6.45, 7) is 16.7. The molecule has 0 amide bonds. The third-order valence-electron chi connectivity index (χ3n) is 19.6. The standard InChI is InChI=1S/C18H12O4.C18H16O4.2C14H22O9.2C13H20O10/c19-17-15-13(9-5-1-3-7-11(9)21-17)16-14(15)10-6-2-4-8-12(10)22-18(16)20;19-17(20)15-13(11-7-3-1-4-8-11)16(18(21)22)14(15)12-9-5-2-6-10-12;2*1-7(2)12(17)22-9(4)13(18)23-10(6-20-5)14(19)21-8(3)11(15)16;2*1-6(14)11(17)22-8(3)12(18)23-9(5-20-4)13(19)21-7(2)10(15)16/h1-8,13-16H;1-10,13-16H,(H,19,20)(H,21,22);2*7-10H,6H2,1-5H3,(H,15,16);2*6-9,14H,5H2,1-4H3,(H,15,16). The lowest BCUT2D eigenvalue weighted by Crippen LogP contribution is -2.56. The average molecular weight is 1930 g/mol. The van der Waals surface area contributed by atoms with Gasteiger partial charge in [-0.05, 0) is 104 Å².